The number of nitro groups is 1. The van der Waals surface area contributed by atoms with E-state index in [-0.39, 0.29) is 29.0 Å². The van der Waals surface area contributed by atoms with Gasteiger partial charge in [0, 0.05) is 19.6 Å². The van der Waals surface area contributed by atoms with E-state index in [2.05, 4.69) is 0 Å². The molecule has 1 saturated carbocycles. The lowest BCUT2D eigenvalue weighted by Gasteiger charge is -2.40. The van der Waals surface area contributed by atoms with Crippen LogP contribution in [0.2, 0.25) is 0 Å². The second-order valence-corrected chi connectivity index (χ2v) is 5.17. The summed E-state index contributed by atoms with van der Waals surface area (Å²) in [6.45, 7) is 0.797. The molecular formula is C13H15ClFNO5. The topological polar surface area (TPSA) is 70.8 Å². The van der Waals surface area contributed by atoms with Crippen molar-refractivity contribution in [3.05, 3.63) is 34.1 Å². The number of nitrogens with zero attached hydrogens (tertiary/aromatic N) is 1. The van der Waals surface area contributed by atoms with Crippen molar-refractivity contribution in [1.82, 2.24) is 0 Å². The average molecular weight is 320 g/mol. The van der Waals surface area contributed by atoms with Gasteiger partial charge < -0.3 is 14.2 Å². The van der Waals surface area contributed by atoms with Gasteiger partial charge in [-0.2, -0.15) is 0 Å². The summed E-state index contributed by atoms with van der Waals surface area (Å²) >= 11 is 6.03. The molecule has 0 spiro atoms. The minimum atomic E-state index is -0.780. The summed E-state index contributed by atoms with van der Waals surface area (Å²) in [6.07, 6.45) is -0.202. The van der Waals surface area contributed by atoms with E-state index in [1.165, 1.54) is 12.1 Å². The van der Waals surface area contributed by atoms with E-state index in [0.29, 0.717) is 19.6 Å². The Bertz CT molecular complexity index is 515. The SMILES string of the molecule is COCCOC1C(Cl)CC1Oc1ccc([N+](=O)[O-])cc1F. The van der Waals surface area contributed by atoms with Crippen LogP contribution in [0, 0.1) is 15.9 Å². The summed E-state index contributed by atoms with van der Waals surface area (Å²) in [5.74, 6) is -0.827. The molecule has 0 heterocycles. The Kier molecular flexibility index (Phi) is 5.33. The van der Waals surface area contributed by atoms with Gasteiger partial charge in [-0.25, -0.2) is 4.39 Å². The average Bonchev–Trinajstić information content (AvgIpc) is 2.44. The predicted octanol–water partition coefficient (Wildman–Crippen LogP) is 2.52. The molecule has 0 amide bonds. The van der Waals surface area contributed by atoms with E-state index in [0.717, 1.165) is 6.07 Å². The van der Waals surface area contributed by atoms with Gasteiger partial charge in [0.2, 0.25) is 0 Å². The highest BCUT2D eigenvalue weighted by atomic mass is 35.5. The molecule has 0 aromatic heterocycles. The number of rotatable bonds is 7. The van der Waals surface area contributed by atoms with E-state index in [1.54, 1.807) is 7.11 Å². The maximum Gasteiger partial charge on any atom is 0.272 e. The van der Waals surface area contributed by atoms with Gasteiger partial charge in [0.05, 0.1) is 29.6 Å². The number of ether oxygens (including phenoxy) is 3. The van der Waals surface area contributed by atoms with Gasteiger partial charge in [0.25, 0.3) is 5.69 Å². The highest BCUT2D eigenvalue weighted by Gasteiger charge is 2.43. The van der Waals surface area contributed by atoms with Crippen LogP contribution in [0.15, 0.2) is 18.2 Å². The number of benzene rings is 1. The zero-order chi connectivity index (χ0) is 15.4. The minimum Gasteiger partial charge on any atom is -0.485 e. The lowest BCUT2D eigenvalue weighted by molar-refractivity contribution is -0.385. The van der Waals surface area contributed by atoms with Crippen molar-refractivity contribution in [3.8, 4) is 5.75 Å². The number of hydrogen-bond donors (Lipinski definition) is 0. The maximum absolute atomic E-state index is 13.7. The molecule has 8 heteroatoms. The second-order valence-electron chi connectivity index (χ2n) is 4.61. The van der Waals surface area contributed by atoms with E-state index in [9.17, 15) is 14.5 Å². The van der Waals surface area contributed by atoms with E-state index >= 15 is 0 Å². The molecule has 0 bridgehead atoms. The fourth-order valence-electron chi connectivity index (χ4n) is 1.98. The Morgan fingerprint density at radius 3 is 2.81 bits per heavy atom. The smallest absolute Gasteiger partial charge is 0.272 e. The number of hydrogen-bond acceptors (Lipinski definition) is 5. The molecule has 2 rings (SSSR count). The second kappa shape index (κ2) is 7.02. The zero-order valence-electron chi connectivity index (χ0n) is 11.3. The van der Waals surface area contributed by atoms with Crippen LogP contribution in [0.3, 0.4) is 0 Å². The van der Waals surface area contributed by atoms with Crippen molar-refractivity contribution in [2.24, 2.45) is 0 Å². The fourth-order valence-corrected chi connectivity index (χ4v) is 2.39. The van der Waals surface area contributed by atoms with Crippen LogP contribution >= 0.6 is 11.6 Å². The van der Waals surface area contributed by atoms with Crippen LogP contribution in [0.5, 0.6) is 5.75 Å². The van der Waals surface area contributed by atoms with Gasteiger partial charge in [0.1, 0.15) is 12.2 Å². The monoisotopic (exact) mass is 319 g/mol. The zero-order valence-corrected chi connectivity index (χ0v) is 12.1. The van der Waals surface area contributed by atoms with Crippen molar-refractivity contribution in [1.29, 1.82) is 0 Å². The molecule has 0 aliphatic heterocycles. The molecular weight excluding hydrogens is 305 g/mol. The maximum atomic E-state index is 13.7. The summed E-state index contributed by atoms with van der Waals surface area (Å²) in [5, 5.41) is 10.3. The summed E-state index contributed by atoms with van der Waals surface area (Å²) < 4.78 is 29.6. The summed E-state index contributed by atoms with van der Waals surface area (Å²) in [6, 6.07) is 3.25. The molecule has 3 atom stereocenters. The molecule has 0 radical (unpaired) electrons. The van der Waals surface area contributed by atoms with Crippen molar-refractivity contribution in [2.75, 3.05) is 20.3 Å². The number of non-ortho nitro benzene ring substituents is 1. The molecule has 0 N–H and O–H groups in total. The van der Waals surface area contributed by atoms with Crippen LogP contribution in [0.4, 0.5) is 10.1 Å². The standard InChI is InChI=1S/C13H15ClFNO5/c1-19-4-5-20-13-9(14)7-12(13)21-11-3-2-8(16(17)18)6-10(11)15/h2-3,6,9,12-13H,4-5,7H2,1H3. The molecule has 0 saturated heterocycles. The molecule has 1 aliphatic carbocycles. The Labute approximate surface area is 125 Å². The van der Waals surface area contributed by atoms with Crippen LogP contribution in [0.25, 0.3) is 0 Å². The first-order valence-electron chi connectivity index (χ1n) is 6.38. The third-order valence-corrected chi connectivity index (χ3v) is 3.61. The first-order chi connectivity index (χ1) is 10.0. The predicted molar refractivity (Wildman–Crippen MR) is 73.3 cm³/mol. The van der Waals surface area contributed by atoms with Crippen LogP contribution in [0.1, 0.15) is 6.42 Å². The molecule has 6 nitrogen and oxygen atoms in total. The van der Waals surface area contributed by atoms with Gasteiger partial charge in [-0.3, -0.25) is 10.1 Å². The normalized spacial score (nSPS) is 24.4. The molecule has 116 valence electrons. The number of halogens is 2. The van der Waals surface area contributed by atoms with Gasteiger partial charge >= 0.3 is 0 Å². The van der Waals surface area contributed by atoms with Crippen molar-refractivity contribution >= 4 is 17.3 Å². The number of alkyl halides is 1. The van der Waals surface area contributed by atoms with E-state index < -0.39 is 10.7 Å². The first-order valence-corrected chi connectivity index (χ1v) is 6.81. The first kappa shape index (κ1) is 15.9. The molecule has 3 unspecified atom stereocenters. The lowest BCUT2D eigenvalue weighted by Crippen LogP contribution is -2.53. The van der Waals surface area contributed by atoms with Crippen molar-refractivity contribution < 1.29 is 23.5 Å². The van der Waals surface area contributed by atoms with Gasteiger partial charge in [0.15, 0.2) is 11.6 Å². The van der Waals surface area contributed by atoms with Crippen molar-refractivity contribution in [3.63, 3.8) is 0 Å². The Morgan fingerprint density at radius 2 is 2.24 bits per heavy atom. The Hall–Kier alpha value is -1.44. The van der Waals surface area contributed by atoms with Crippen LogP contribution < -0.4 is 4.74 Å². The summed E-state index contributed by atoms with van der Waals surface area (Å²) in [4.78, 5) is 9.88. The summed E-state index contributed by atoms with van der Waals surface area (Å²) in [7, 11) is 1.56. The highest BCUT2D eigenvalue weighted by molar-refractivity contribution is 6.21. The van der Waals surface area contributed by atoms with Crippen LogP contribution in [-0.2, 0) is 9.47 Å². The Balaban J connectivity index is 1.96. The fraction of sp³-hybridized carbons (Fsp3) is 0.538. The third kappa shape index (κ3) is 3.81. The molecule has 1 fully saturated rings. The van der Waals surface area contributed by atoms with Crippen molar-refractivity contribution in [2.45, 2.75) is 24.0 Å². The lowest BCUT2D eigenvalue weighted by atomic mass is 9.91. The van der Waals surface area contributed by atoms with Gasteiger partial charge in [-0.15, -0.1) is 11.6 Å². The van der Waals surface area contributed by atoms with Crippen LogP contribution in [-0.4, -0.2) is 42.8 Å². The quantitative estimate of drug-likeness (QED) is 0.334. The molecule has 21 heavy (non-hydrogen) atoms. The highest BCUT2D eigenvalue weighted by Crippen LogP contribution is 2.34. The molecule has 1 aliphatic rings. The van der Waals surface area contributed by atoms with Gasteiger partial charge in [-0.1, -0.05) is 0 Å². The third-order valence-electron chi connectivity index (χ3n) is 3.18. The van der Waals surface area contributed by atoms with E-state index in [4.69, 9.17) is 25.8 Å². The van der Waals surface area contributed by atoms with E-state index in [1.807, 2.05) is 0 Å². The molecule has 1 aromatic carbocycles. The summed E-state index contributed by atoms with van der Waals surface area (Å²) in [5.41, 5.74) is -0.323. The number of methoxy groups -OCH3 is 1. The largest absolute Gasteiger partial charge is 0.485 e. The number of nitro benzene ring substituents is 1. The molecule has 1 aromatic rings. The minimum absolute atomic E-state index is 0.0468. The Morgan fingerprint density at radius 1 is 1.48 bits per heavy atom. The van der Waals surface area contributed by atoms with Gasteiger partial charge in [-0.05, 0) is 6.07 Å².